The monoisotopic (exact) mass is 433 g/mol. The number of nitrogens with one attached hydrogen (secondary N) is 1. The standard InChI is InChI=1S/C24H20ClN3OS/c1-17-6-5-9-21(14-17)28-15-22(18-7-3-2-4-8-18)27-24(28)30-16-23(29)26-20-12-10-19(25)11-13-20/h2-15H,16H2,1H3,(H,26,29). The molecule has 0 aliphatic rings. The molecule has 0 saturated carbocycles. The third-order valence-corrected chi connectivity index (χ3v) is 5.69. The molecule has 30 heavy (non-hydrogen) atoms. The van der Waals surface area contributed by atoms with Gasteiger partial charge in [-0.2, -0.15) is 0 Å². The summed E-state index contributed by atoms with van der Waals surface area (Å²) in [5.74, 6) is 0.155. The second-order valence-electron chi connectivity index (χ2n) is 6.83. The summed E-state index contributed by atoms with van der Waals surface area (Å²) in [5, 5.41) is 4.30. The zero-order chi connectivity index (χ0) is 20.9. The van der Waals surface area contributed by atoms with Crippen LogP contribution in [-0.4, -0.2) is 21.2 Å². The van der Waals surface area contributed by atoms with Crippen molar-refractivity contribution >= 4 is 35.0 Å². The Kier molecular flexibility index (Phi) is 6.21. The minimum absolute atomic E-state index is 0.0950. The fraction of sp³-hybridized carbons (Fsp3) is 0.0833. The summed E-state index contributed by atoms with van der Waals surface area (Å²) in [6, 6.07) is 25.3. The molecule has 3 aromatic carbocycles. The summed E-state index contributed by atoms with van der Waals surface area (Å²) in [7, 11) is 0. The summed E-state index contributed by atoms with van der Waals surface area (Å²) < 4.78 is 2.04. The molecule has 4 aromatic rings. The van der Waals surface area contributed by atoms with E-state index in [2.05, 4.69) is 24.4 Å². The molecule has 1 aromatic heterocycles. The quantitative estimate of drug-likeness (QED) is 0.366. The lowest BCUT2D eigenvalue weighted by Crippen LogP contribution is -2.14. The number of aromatic nitrogens is 2. The number of hydrogen-bond acceptors (Lipinski definition) is 3. The largest absolute Gasteiger partial charge is 0.325 e. The minimum atomic E-state index is -0.0950. The van der Waals surface area contributed by atoms with Crippen LogP contribution in [0, 0.1) is 6.92 Å². The van der Waals surface area contributed by atoms with Crippen molar-refractivity contribution in [2.45, 2.75) is 12.1 Å². The molecule has 6 heteroatoms. The van der Waals surface area contributed by atoms with Crippen LogP contribution in [0.2, 0.25) is 5.02 Å². The zero-order valence-electron chi connectivity index (χ0n) is 16.4. The third-order valence-electron chi connectivity index (χ3n) is 4.48. The third kappa shape index (κ3) is 4.93. The molecule has 0 aliphatic heterocycles. The predicted octanol–water partition coefficient (Wildman–Crippen LogP) is 6.23. The first-order valence-electron chi connectivity index (χ1n) is 9.48. The lowest BCUT2D eigenvalue weighted by Gasteiger charge is -2.08. The maximum atomic E-state index is 12.4. The van der Waals surface area contributed by atoms with E-state index < -0.39 is 0 Å². The molecule has 0 atom stereocenters. The zero-order valence-corrected chi connectivity index (χ0v) is 18.0. The Morgan fingerprint density at radius 3 is 2.53 bits per heavy atom. The Bertz CT molecular complexity index is 1160. The Balaban J connectivity index is 1.57. The number of benzene rings is 3. The van der Waals surface area contributed by atoms with E-state index in [1.54, 1.807) is 24.3 Å². The molecule has 0 radical (unpaired) electrons. The van der Waals surface area contributed by atoms with Crippen LogP contribution in [0.3, 0.4) is 0 Å². The highest BCUT2D eigenvalue weighted by atomic mass is 35.5. The van der Waals surface area contributed by atoms with Crippen molar-refractivity contribution < 1.29 is 4.79 Å². The number of carbonyl (C=O) groups is 1. The number of amides is 1. The van der Waals surface area contributed by atoms with Gasteiger partial charge in [0.15, 0.2) is 5.16 Å². The van der Waals surface area contributed by atoms with Crippen LogP contribution in [0.15, 0.2) is 90.2 Å². The SMILES string of the molecule is Cc1cccc(-n2cc(-c3ccccc3)nc2SCC(=O)Nc2ccc(Cl)cc2)c1. The molecule has 1 amide bonds. The molecule has 0 saturated heterocycles. The predicted molar refractivity (Wildman–Crippen MR) is 125 cm³/mol. The average Bonchev–Trinajstić information content (AvgIpc) is 3.19. The molecule has 0 bridgehead atoms. The number of carbonyl (C=O) groups excluding carboxylic acids is 1. The van der Waals surface area contributed by atoms with Crippen molar-refractivity contribution in [2.24, 2.45) is 0 Å². The Morgan fingerprint density at radius 2 is 1.80 bits per heavy atom. The van der Waals surface area contributed by atoms with Crippen molar-refractivity contribution in [3.05, 3.63) is 95.6 Å². The summed E-state index contributed by atoms with van der Waals surface area (Å²) in [6.07, 6.45) is 2.02. The molecule has 0 spiro atoms. The molecule has 150 valence electrons. The number of rotatable bonds is 6. The van der Waals surface area contributed by atoms with Gasteiger partial charge in [0.2, 0.25) is 5.91 Å². The lowest BCUT2D eigenvalue weighted by atomic mass is 10.2. The molecule has 4 nitrogen and oxygen atoms in total. The molecule has 1 heterocycles. The van der Waals surface area contributed by atoms with E-state index in [0.29, 0.717) is 5.02 Å². The fourth-order valence-electron chi connectivity index (χ4n) is 3.04. The van der Waals surface area contributed by atoms with Gasteiger partial charge in [0.05, 0.1) is 11.4 Å². The van der Waals surface area contributed by atoms with Crippen molar-refractivity contribution in [1.82, 2.24) is 9.55 Å². The second-order valence-corrected chi connectivity index (χ2v) is 8.21. The summed E-state index contributed by atoms with van der Waals surface area (Å²) in [4.78, 5) is 17.3. The first-order chi connectivity index (χ1) is 14.6. The van der Waals surface area contributed by atoms with Gasteiger partial charge in [-0.1, -0.05) is 65.8 Å². The molecule has 4 rings (SSSR count). The van der Waals surface area contributed by atoms with Crippen LogP contribution in [0.25, 0.3) is 16.9 Å². The maximum absolute atomic E-state index is 12.4. The van der Waals surface area contributed by atoms with E-state index in [4.69, 9.17) is 16.6 Å². The molecule has 0 unspecified atom stereocenters. The van der Waals surface area contributed by atoms with Gasteiger partial charge in [-0.25, -0.2) is 4.98 Å². The van der Waals surface area contributed by atoms with Crippen LogP contribution in [0.5, 0.6) is 0 Å². The van der Waals surface area contributed by atoms with Crippen molar-refractivity contribution in [3.63, 3.8) is 0 Å². The highest BCUT2D eigenvalue weighted by Gasteiger charge is 2.14. The smallest absolute Gasteiger partial charge is 0.234 e. The van der Waals surface area contributed by atoms with Gasteiger partial charge in [0, 0.05) is 28.2 Å². The Hall–Kier alpha value is -3.02. The van der Waals surface area contributed by atoms with Gasteiger partial charge in [-0.3, -0.25) is 9.36 Å². The van der Waals surface area contributed by atoms with Crippen LogP contribution in [-0.2, 0) is 4.79 Å². The number of thioether (sulfide) groups is 1. The molecule has 1 N–H and O–H groups in total. The molecular formula is C24H20ClN3OS. The van der Waals surface area contributed by atoms with E-state index in [0.717, 1.165) is 27.8 Å². The van der Waals surface area contributed by atoms with Crippen LogP contribution in [0.4, 0.5) is 5.69 Å². The average molecular weight is 434 g/mol. The van der Waals surface area contributed by atoms with Gasteiger partial charge in [0.1, 0.15) is 0 Å². The first kappa shape index (κ1) is 20.3. The van der Waals surface area contributed by atoms with Gasteiger partial charge in [0.25, 0.3) is 0 Å². The van der Waals surface area contributed by atoms with E-state index in [-0.39, 0.29) is 11.7 Å². The Morgan fingerprint density at radius 1 is 1.03 bits per heavy atom. The lowest BCUT2D eigenvalue weighted by molar-refractivity contribution is -0.113. The number of halogens is 1. The van der Waals surface area contributed by atoms with E-state index in [9.17, 15) is 4.79 Å². The number of aryl methyl sites for hydroxylation is 1. The maximum Gasteiger partial charge on any atom is 0.234 e. The van der Waals surface area contributed by atoms with Crippen LogP contribution >= 0.6 is 23.4 Å². The molecule has 0 fully saturated rings. The van der Waals surface area contributed by atoms with Crippen molar-refractivity contribution in [1.29, 1.82) is 0 Å². The van der Waals surface area contributed by atoms with Gasteiger partial charge < -0.3 is 5.32 Å². The normalized spacial score (nSPS) is 10.7. The number of anilines is 1. The second kappa shape index (κ2) is 9.20. The number of imidazole rings is 1. The number of nitrogens with zero attached hydrogens (tertiary/aromatic N) is 2. The van der Waals surface area contributed by atoms with Gasteiger partial charge in [-0.15, -0.1) is 0 Å². The summed E-state index contributed by atoms with van der Waals surface area (Å²) >= 11 is 7.31. The van der Waals surface area contributed by atoms with Gasteiger partial charge in [-0.05, 0) is 48.9 Å². The van der Waals surface area contributed by atoms with E-state index >= 15 is 0 Å². The van der Waals surface area contributed by atoms with Crippen LogP contribution < -0.4 is 5.32 Å². The van der Waals surface area contributed by atoms with E-state index in [1.807, 2.05) is 53.2 Å². The summed E-state index contributed by atoms with van der Waals surface area (Å²) in [6.45, 7) is 2.06. The van der Waals surface area contributed by atoms with E-state index in [1.165, 1.54) is 17.3 Å². The van der Waals surface area contributed by atoms with Gasteiger partial charge >= 0.3 is 0 Å². The number of hydrogen-bond donors (Lipinski definition) is 1. The molecular weight excluding hydrogens is 414 g/mol. The van der Waals surface area contributed by atoms with Crippen molar-refractivity contribution in [3.8, 4) is 16.9 Å². The first-order valence-corrected chi connectivity index (χ1v) is 10.8. The van der Waals surface area contributed by atoms with Crippen LogP contribution in [0.1, 0.15) is 5.56 Å². The topological polar surface area (TPSA) is 46.9 Å². The summed E-state index contributed by atoms with van der Waals surface area (Å²) in [5.41, 5.74) is 4.82. The molecule has 0 aliphatic carbocycles. The highest BCUT2D eigenvalue weighted by Crippen LogP contribution is 2.28. The Labute approximate surface area is 184 Å². The van der Waals surface area contributed by atoms with Crippen molar-refractivity contribution in [2.75, 3.05) is 11.1 Å². The highest BCUT2D eigenvalue weighted by molar-refractivity contribution is 7.99. The minimum Gasteiger partial charge on any atom is -0.325 e. The fourth-order valence-corrected chi connectivity index (χ4v) is 3.95.